The molecule has 0 amide bonds. The van der Waals surface area contributed by atoms with E-state index in [0.717, 1.165) is 18.5 Å². The van der Waals surface area contributed by atoms with Gasteiger partial charge in [0.2, 0.25) is 10.0 Å². The Kier molecular flexibility index (Phi) is 3.91. The molecule has 1 unspecified atom stereocenters. The molecule has 19 heavy (non-hydrogen) atoms. The first-order chi connectivity index (χ1) is 9.13. The molecule has 1 aromatic rings. The van der Waals surface area contributed by atoms with Gasteiger partial charge in [-0.3, -0.25) is 0 Å². The number of rotatable bonds is 6. The first-order valence-corrected chi connectivity index (χ1v) is 8.91. The Hall–Kier alpha value is -0.470. The maximum Gasteiger partial charge on any atom is 0.250 e. The summed E-state index contributed by atoms with van der Waals surface area (Å²) in [7, 11) is -3.39. The second kappa shape index (κ2) is 5.49. The molecule has 0 radical (unpaired) electrons. The predicted molar refractivity (Wildman–Crippen MR) is 73.7 cm³/mol. The van der Waals surface area contributed by atoms with Gasteiger partial charge in [-0.05, 0) is 36.3 Å². The van der Waals surface area contributed by atoms with Crippen LogP contribution in [-0.4, -0.2) is 33.7 Å². The van der Waals surface area contributed by atoms with Crippen LogP contribution in [0.25, 0.3) is 0 Å². The number of thiophene rings is 1. The van der Waals surface area contributed by atoms with Crippen molar-refractivity contribution in [3.05, 3.63) is 17.0 Å². The second-order valence-electron chi connectivity index (χ2n) is 5.11. The zero-order chi connectivity index (χ0) is 13.3. The molecule has 3 rings (SSSR count). The van der Waals surface area contributed by atoms with E-state index in [1.807, 2.05) is 5.38 Å². The normalized spacial score (nSPS) is 23.9. The van der Waals surface area contributed by atoms with Crippen LogP contribution in [0.2, 0.25) is 0 Å². The molecule has 1 aliphatic heterocycles. The topological polar surface area (TPSA) is 67.4 Å². The fraction of sp³-hybridized carbons (Fsp3) is 0.667. The molecule has 5 nitrogen and oxygen atoms in total. The van der Waals surface area contributed by atoms with Crippen molar-refractivity contribution in [2.75, 3.05) is 13.2 Å². The molecular weight excluding hydrogens is 284 g/mol. The molecule has 2 heterocycles. The van der Waals surface area contributed by atoms with Gasteiger partial charge in [-0.2, -0.15) is 0 Å². The highest BCUT2D eigenvalue weighted by atomic mass is 32.2. The Morgan fingerprint density at radius 3 is 2.84 bits per heavy atom. The third-order valence-corrected chi connectivity index (χ3v) is 6.33. The van der Waals surface area contributed by atoms with Crippen molar-refractivity contribution in [2.24, 2.45) is 0 Å². The highest BCUT2D eigenvalue weighted by molar-refractivity contribution is 7.91. The largest absolute Gasteiger partial charge is 0.380 e. The maximum absolute atomic E-state index is 12.2. The summed E-state index contributed by atoms with van der Waals surface area (Å²) in [6, 6.07) is 2.31. The van der Waals surface area contributed by atoms with Gasteiger partial charge >= 0.3 is 0 Å². The van der Waals surface area contributed by atoms with Gasteiger partial charge in [-0.1, -0.05) is 0 Å². The van der Waals surface area contributed by atoms with E-state index in [0.29, 0.717) is 23.5 Å². The van der Waals surface area contributed by atoms with Crippen LogP contribution >= 0.6 is 11.3 Å². The summed E-state index contributed by atoms with van der Waals surface area (Å²) in [5.74, 6) is 0. The van der Waals surface area contributed by atoms with E-state index in [2.05, 4.69) is 10.0 Å². The van der Waals surface area contributed by atoms with Gasteiger partial charge in [0.15, 0.2) is 0 Å². The van der Waals surface area contributed by atoms with E-state index in [1.165, 1.54) is 24.2 Å². The number of hydrogen-bond donors (Lipinski definition) is 2. The van der Waals surface area contributed by atoms with Crippen LogP contribution in [0.15, 0.2) is 15.7 Å². The minimum atomic E-state index is -3.39. The quantitative estimate of drug-likeness (QED) is 0.825. The average Bonchev–Trinajstić information content (AvgIpc) is 2.87. The van der Waals surface area contributed by atoms with Crippen molar-refractivity contribution in [3.63, 3.8) is 0 Å². The van der Waals surface area contributed by atoms with Gasteiger partial charge in [0, 0.05) is 25.2 Å². The third-order valence-electron chi connectivity index (χ3n) is 3.32. The van der Waals surface area contributed by atoms with E-state index in [4.69, 9.17) is 4.74 Å². The molecule has 0 spiro atoms. The maximum atomic E-state index is 12.2. The van der Waals surface area contributed by atoms with Crippen LogP contribution < -0.4 is 10.0 Å². The first kappa shape index (κ1) is 13.5. The van der Waals surface area contributed by atoms with Crippen molar-refractivity contribution in [1.82, 2.24) is 10.0 Å². The molecule has 1 aromatic heterocycles. The zero-order valence-electron chi connectivity index (χ0n) is 10.6. The number of hydrogen-bond acceptors (Lipinski definition) is 5. The van der Waals surface area contributed by atoms with E-state index < -0.39 is 10.0 Å². The molecule has 2 aliphatic rings. The lowest BCUT2D eigenvalue weighted by atomic mass is 10.3. The van der Waals surface area contributed by atoms with Crippen LogP contribution in [0.4, 0.5) is 0 Å². The molecule has 1 atom stereocenters. The molecule has 0 aromatic carbocycles. The highest BCUT2D eigenvalue weighted by Gasteiger charge is 2.25. The number of ether oxygens (including phenoxy) is 1. The number of sulfonamides is 1. The standard InChI is InChI=1S/C12H18N2O3S2/c15-19(16,14-11-3-4-17-7-11)12-5-9(8-18-12)6-13-10-1-2-10/h5,8,10-11,13-14H,1-4,6-7H2. The lowest BCUT2D eigenvalue weighted by Gasteiger charge is -2.09. The third kappa shape index (κ3) is 3.55. The molecule has 1 saturated heterocycles. The second-order valence-corrected chi connectivity index (χ2v) is 7.96. The van der Waals surface area contributed by atoms with Crippen molar-refractivity contribution >= 4 is 21.4 Å². The average molecular weight is 302 g/mol. The summed E-state index contributed by atoms with van der Waals surface area (Å²) >= 11 is 1.28. The van der Waals surface area contributed by atoms with E-state index >= 15 is 0 Å². The van der Waals surface area contributed by atoms with Crippen molar-refractivity contribution in [3.8, 4) is 0 Å². The molecule has 2 fully saturated rings. The van der Waals surface area contributed by atoms with Gasteiger partial charge < -0.3 is 10.1 Å². The zero-order valence-corrected chi connectivity index (χ0v) is 12.2. The lowest BCUT2D eigenvalue weighted by molar-refractivity contribution is 0.192. The molecule has 7 heteroatoms. The number of nitrogens with one attached hydrogen (secondary N) is 2. The van der Waals surface area contributed by atoms with Crippen LogP contribution in [0.1, 0.15) is 24.8 Å². The Morgan fingerprint density at radius 2 is 2.16 bits per heavy atom. The van der Waals surface area contributed by atoms with Crippen molar-refractivity contribution in [2.45, 2.75) is 42.1 Å². The Labute approximate surface area is 117 Å². The smallest absolute Gasteiger partial charge is 0.250 e. The SMILES string of the molecule is O=S(=O)(NC1CCOC1)c1cc(CNC2CC2)cs1. The molecule has 1 saturated carbocycles. The van der Waals surface area contributed by atoms with Crippen LogP contribution in [0, 0.1) is 0 Å². The van der Waals surface area contributed by atoms with Crippen LogP contribution in [0.5, 0.6) is 0 Å². The fourth-order valence-electron chi connectivity index (χ4n) is 2.04. The van der Waals surface area contributed by atoms with Crippen LogP contribution in [-0.2, 0) is 21.3 Å². The van der Waals surface area contributed by atoms with Crippen molar-refractivity contribution < 1.29 is 13.2 Å². The lowest BCUT2D eigenvalue weighted by Crippen LogP contribution is -2.34. The summed E-state index contributed by atoms with van der Waals surface area (Å²) in [6.45, 7) is 1.86. The molecule has 0 bridgehead atoms. The molecular formula is C12H18N2O3S2. The summed E-state index contributed by atoms with van der Waals surface area (Å²) in [6.07, 6.45) is 3.22. The van der Waals surface area contributed by atoms with E-state index in [9.17, 15) is 8.42 Å². The summed E-state index contributed by atoms with van der Waals surface area (Å²) in [5.41, 5.74) is 1.04. The molecule has 106 valence electrons. The minimum Gasteiger partial charge on any atom is -0.380 e. The van der Waals surface area contributed by atoms with Crippen LogP contribution in [0.3, 0.4) is 0 Å². The Morgan fingerprint density at radius 1 is 1.32 bits per heavy atom. The minimum absolute atomic E-state index is 0.0832. The summed E-state index contributed by atoms with van der Waals surface area (Å²) in [4.78, 5) is 0. The van der Waals surface area contributed by atoms with E-state index in [1.54, 1.807) is 6.07 Å². The van der Waals surface area contributed by atoms with E-state index in [-0.39, 0.29) is 6.04 Å². The fourth-order valence-corrected chi connectivity index (χ4v) is 4.52. The summed E-state index contributed by atoms with van der Waals surface area (Å²) < 4.78 is 32.6. The van der Waals surface area contributed by atoms with Crippen molar-refractivity contribution in [1.29, 1.82) is 0 Å². The molecule has 1 aliphatic carbocycles. The monoisotopic (exact) mass is 302 g/mol. The van der Waals surface area contributed by atoms with Gasteiger partial charge in [0.05, 0.1) is 6.61 Å². The molecule has 2 N–H and O–H groups in total. The van der Waals surface area contributed by atoms with Gasteiger partial charge in [-0.15, -0.1) is 11.3 Å². The van der Waals surface area contributed by atoms with Gasteiger partial charge in [0.25, 0.3) is 0 Å². The highest BCUT2D eigenvalue weighted by Crippen LogP contribution is 2.23. The predicted octanol–water partition coefficient (Wildman–Crippen LogP) is 1.07. The first-order valence-electron chi connectivity index (χ1n) is 6.54. The van der Waals surface area contributed by atoms with Gasteiger partial charge in [-0.25, -0.2) is 13.1 Å². The Balaban J connectivity index is 1.62. The Bertz CT molecular complexity index is 531. The van der Waals surface area contributed by atoms with Gasteiger partial charge in [0.1, 0.15) is 4.21 Å². The summed E-state index contributed by atoms with van der Waals surface area (Å²) in [5, 5.41) is 5.29.